The SMILES string of the molecule is CC(C)[C@H]1CC(O)OC([C@@H](C)C2=CCC3C4CCC5C[C@@H](O)CC[C@]5(C)C4CC[C@]23C)C1. The first kappa shape index (κ1) is 23.4. The van der Waals surface area contributed by atoms with Crippen LogP contribution in [0, 0.1) is 52.3 Å². The summed E-state index contributed by atoms with van der Waals surface area (Å²) in [6.07, 6.45) is 13.8. The molecular formula is C29H48O3. The standard InChI is InChI=1S/C29H48O3/c1-17(2)19-14-26(32-27(31)15-19)18(3)23-8-9-24-22-7-6-20-16-21(30)10-12-28(20,4)25(22)11-13-29(23,24)5/h8,17-22,24-27,30-31H,6-7,9-16H2,1-5H3/t18-,19+,20?,21-,22?,24?,25?,26?,27?,28-,29+/m0/s1. The minimum Gasteiger partial charge on any atom is -0.393 e. The van der Waals surface area contributed by atoms with E-state index in [4.69, 9.17) is 4.74 Å². The fraction of sp³-hybridized carbons (Fsp3) is 0.931. The minimum atomic E-state index is -0.596. The molecule has 1 saturated heterocycles. The van der Waals surface area contributed by atoms with Crippen LogP contribution in [-0.4, -0.2) is 28.7 Å². The molecule has 0 aromatic heterocycles. The van der Waals surface area contributed by atoms with Crippen molar-refractivity contribution < 1.29 is 14.9 Å². The van der Waals surface area contributed by atoms with Crippen LogP contribution < -0.4 is 0 Å². The second-order valence-corrected chi connectivity index (χ2v) is 13.3. The normalized spacial score (nSPS) is 52.1. The van der Waals surface area contributed by atoms with Crippen LogP contribution in [0.2, 0.25) is 0 Å². The van der Waals surface area contributed by atoms with Gasteiger partial charge < -0.3 is 14.9 Å². The minimum absolute atomic E-state index is 0.0559. The van der Waals surface area contributed by atoms with Crippen molar-refractivity contribution in [2.24, 2.45) is 52.3 Å². The summed E-state index contributed by atoms with van der Waals surface area (Å²) in [5, 5.41) is 20.7. The molecule has 0 radical (unpaired) electrons. The van der Waals surface area contributed by atoms with Crippen LogP contribution in [0.3, 0.4) is 0 Å². The molecule has 0 aromatic carbocycles. The highest BCUT2D eigenvalue weighted by molar-refractivity contribution is 5.28. The lowest BCUT2D eigenvalue weighted by Gasteiger charge is -2.61. The highest BCUT2D eigenvalue weighted by atomic mass is 16.6. The topological polar surface area (TPSA) is 49.7 Å². The molecule has 0 amide bonds. The zero-order chi connectivity index (χ0) is 22.8. The van der Waals surface area contributed by atoms with Crippen LogP contribution in [0.15, 0.2) is 11.6 Å². The maximum Gasteiger partial charge on any atom is 0.155 e. The highest BCUT2D eigenvalue weighted by Crippen LogP contribution is 2.67. The third kappa shape index (κ3) is 3.64. The van der Waals surface area contributed by atoms with Gasteiger partial charge in [0.05, 0.1) is 12.2 Å². The van der Waals surface area contributed by atoms with E-state index in [-0.39, 0.29) is 12.2 Å². The van der Waals surface area contributed by atoms with Crippen LogP contribution in [-0.2, 0) is 4.74 Å². The molecule has 5 aliphatic rings. The first-order valence-corrected chi connectivity index (χ1v) is 13.9. The van der Waals surface area contributed by atoms with Crippen molar-refractivity contribution in [2.45, 2.75) is 117 Å². The van der Waals surface area contributed by atoms with Crippen LogP contribution in [0.4, 0.5) is 0 Å². The van der Waals surface area contributed by atoms with Crippen LogP contribution in [0.1, 0.15) is 98.8 Å². The molecule has 32 heavy (non-hydrogen) atoms. The van der Waals surface area contributed by atoms with E-state index in [0.29, 0.717) is 28.6 Å². The summed E-state index contributed by atoms with van der Waals surface area (Å²) < 4.78 is 6.16. The highest BCUT2D eigenvalue weighted by Gasteiger charge is 2.59. The van der Waals surface area contributed by atoms with Gasteiger partial charge in [0.25, 0.3) is 0 Å². The van der Waals surface area contributed by atoms with Crippen molar-refractivity contribution in [3.05, 3.63) is 11.6 Å². The first-order chi connectivity index (χ1) is 15.1. The summed E-state index contributed by atoms with van der Waals surface area (Å²) >= 11 is 0. The quantitative estimate of drug-likeness (QED) is 0.500. The number of ether oxygens (including phenoxy) is 1. The van der Waals surface area contributed by atoms with E-state index in [0.717, 1.165) is 49.4 Å². The molecule has 3 heteroatoms. The maximum absolute atomic E-state index is 10.4. The Morgan fingerprint density at radius 3 is 2.47 bits per heavy atom. The van der Waals surface area contributed by atoms with Crippen LogP contribution >= 0.6 is 0 Å². The molecule has 4 fully saturated rings. The van der Waals surface area contributed by atoms with E-state index >= 15 is 0 Å². The lowest BCUT2D eigenvalue weighted by Crippen LogP contribution is -2.54. The van der Waals surface area contributed by atoms with Gasteiger partial charge in [0.1, 0.15) is 0 Å². The number of hydrogen-bond acceptors (Lipinski definition) is 3. The molecule has 3 saturated carbocycles. The predicted octanol–water partition coefficient (Wildman–Crippen LogP) is 6.33. The molecule has 0 aromatic rings. The molecule has 1 aliphatic heterocycles. The summed E-state index contributed by atoms with van der Waals surface area (Å²) in [7, 11) is 0. The van der Waals surface area contributed by atoms with Crippen molar-refractivity contribution in [3.63, 3.8) is 0 Å². The van der Waals surface area contributed by atoms with Gasteiger partial charge in [-0.1, -0.05) is 46.3 Å². The Morgan fingerprint density at radius 2 is 1.72 bits per heavy atom. The Kier molecular flexibility index (Phi) is 6.12. The van der Waals surface area contributed by atoms with Crippen molar-refractivity contribution in [3.8, 4) is 0 Å². The second-order valence-electron chi connectivity index (χ2n) is 13.3. The van der Waals surface area contributed by atoms with Gasteiger partial charge in [-0.3, -0.25) is 0 Å². The average Bonchev–Trinajstić information content (AvgIpc) is 3.10. The van der Waals surface area contributed by atoms with Gasteiger partial charge in [-0.15, -0.1) is 0 Å². The third-order valence-electron chi connectivity index (χ3n) is 11.6. The zero-order valence-corrected chi connectivity index (χ0v) is 21.2. The van der Waals surface area contributed by atoms with E-state index in [1.54, 1.807) is 5.57 Å². The van der Waals surface area contributed by atoms with Gasteiger partial charge in [-0.2, -0.15) is 0 Å². The maximum atomic E-state index is 10.4. The summed E-state index contributed by atoms with van der Waals surface area (Å²) in [5.74, 6) is 4.75. The third-order valence-corrected chi connectivity index (χ3v) is 11.6. The van der Waals surface area contributed by atoms with Gasteiger partial charge in [0.15, 0.2) is 6.29 Å². The van der Waals surface area contributed by atoms with E-state index in [2.05, 4.69) is 40.7 Å². The molecular weight excluding hydrogens is 396 g/mol. The number of hydrogen-bond donors (Lipinski definition) is 2. The number of aliphatic hydroxyl groups is 2. The Bertz CT molecular complexity index is 730. The fourth-order valence-electron chi connectivity index (χ4n) is 9.57. The molecule has 0 bridgehead atoms. The largest absolute Gasteiger partial charge is 0.393 e. The fourth-order valence-corrected chi connectivity index (χ4v) is 9.57. The second kappa shape index (κ2) is 8.38. The van der Waals surface area contributed by atoms with E-state index in [1.807, 2.05) is 0 Å². The lowest BCUT2D eigenvalue weighted by molar-refractivity contribution is -0.192. The molecule has 0 spiro atoms. The average molecular weight is 445 g/mol. The van der Waals surface area contributed by atoms with Crippen molar-refractivity contribution in [1.29, 1.82) is 0 Å². The van der Waals surface area contributed by atoms with Gasteiger partial charge in [-0.05, 0) is 104 Å². The molecule has 2 N–H and O–H groups in total. The van der Waals surface area contributed by atoms with Crippen molar-refractivity contribution in [1.82, 2.24) is 0 Å². The van der Waals surface area contributed by atoms with Crippen molar-refractivity contribution >= 4 is 0 Å². The molecule has 4 aliphatic carbocycles. The van der Waals surface area contributed by atoms with Gasteiger partial charge in [0, 0.05) is 12.3 Å². The van der Waals surface area contributed by atoms with Gasteiger partial charge in [-0.25, -0.2) is 0 Å². The molecule has 3 nitrogen and oxygen atoms in total. The molecule has 182 valence electrons. The number of allylic oxidation sites excluding steroid dienone is 1. The Morgan fingerprint density at radius 1 is 0.938 bits per heavy atom. The molecule has 6 unspecified atom stereocenters. The smallest absolute Gasteiger partial charge is 0.155 e. The molecule has 1 heterocycles. The molecule has 11 atom stereocenters. The number of rotatable bonds is 3. The number of fused-ring (bicyclic) bond motifs is 5. The van der Waals surface area contributed by atoms with Crippen LogP contribution in [0.25, 0.3) is 0 Å². The van der Waals surface area contributed by atoms with E-state index in [1.165, 1.54) is 38.5 Å². The predicted molar refractivity (Wildman–Crippen MR) is 129 cm³/mol. The Labute approximate surface area is 196 Å². The summed E-state index contributed by atoms with van der Waals surface area (Å²) in [5.41, 5.74) is 2.39. The van der Waals surface area contributed by atoms with Crippen LogP contribution in [0.5, 0.6) is 0 Å². The monoisotopic (exact) mass is 444 g/mol. The van der Waals surface area contributed by atoms with Gasteiger partial charge in [0.2, 0.25) is 0 Å². The first-order valence-electron chi connectivity index (χ1n) is 13.9. The van der Waals surface area contributed by atoms with E-state index < -0.39 is 6.29 Å². The summed E-state index contributed by atoms with van der Waals surface area (Å²) in [4.78, 5) is 0. The Hall–Kier alpha value is -0.380. The summed E-state index contributed by atoms with van der Waals surface area (Å²) in [6.45, 7) is 12.1. The summed E-state index contributed by atoms with van der Waals surface area (Å²) in [6, 6.07) is 0. The van der Waals surface area contributed by atoms with E-state index in [9.17, 15) is 10.2 Å². The molecule has 5 rings (SSSR count). The van der Waals surface area contributed by atoms with Gasteiger partial charge >= 0.3 is 0 Å². The zero-order valence-electron chi connectivity index (χ0n) is 21.2. The lowest BCUT2D eigenvalue weighted by atomic mass is 9.44. The van der Waals surface area contributed by atoms with Crippen molar-refractivity contribution in [2.75, 3.05) is 0 Å². The number of aliphatic hydroxyl groups excluding tert-OH is 2. The Balaban J connectivity index is 1.34.